The number of piperazine rings is 1. The summed E-state index contributed by atoms with van der Waals surface area (Å²) < 4.78 is 82.1. The molecule has 0 N–H and O–H groups in total. The highest BCUT2D eigenvalue weighted by Gasteiger charge is 2.49. The number of fused-ring (bicyclic) bond motifs is 3. The Morgan fingerprint density at radius 3 is 2.71 bits per heavy atom. The van der Waals surface area contributed by atoms with Crippen LogP contribution in [0.25, 0.3) is 37.6 Å². The predicted octanol–water partition coefficient (Wildman–Crippen LogP) is 6.90. The fraction of sp³-hybridized carbons (Fsp3) is 0.371. The first kappa shape index (κ1) is 33.0. The molecule has 3 fully saturated rings. The molecule has 3 aliphatic heterocycles. The fourth-order valence-corrected chi connectivity index (χ4v) is 7.88. The van der Waals surface area contributed by atoms with E-state index in [1.807, 2.05) is 4.90 Å². The number of benzene rings is 3. The Morgan fingerprint density at radius 1 is 1.12 bits per heavy atom. The van der Waals surface area contributed by atoms with Crippen LogP contribution < -0.4 is 9.64 Å². The van der Waals surface area contributed by atoms with E-state index < -0.39 is 52.5 Å². The lowest BCUT2D eigenvalue weighted by molar-refractivity contribution is -0.131. The van der Waals surface area contributed by atoms with E-state index >= 15 is 8.78 Å². The highest BCUT2D eigenvalue weighted by molar-refractivity contribution is 6.37. The molecule has 0 aliphatic carbocycles. The van der Waals surface area contributed by atoms with Gasteiger partial charge in [0.15, 0.2) is 11.6 Å². The largest absolute Gasteiger partial charge is 0.461 e. The Morgan fingerprint density at radius 2 is 1.94 bits per heavy atom. The second-order valence-corrected chi connectivity index (χ2v) is 13.1. The van der Waals surface area contributed by atoms with E-state index in [0.29, 0.717) is 11.8 Å². The zero-order valence-corrected chi connectivity index (χ0v) is 26.9. The van der Waals surface area contributed by atoms with Crippen molar-refractivity contribution in [2.75, 3.05) is 50.8 Å². The summed E-state index contributed by atoms with van der Waals surface area (Å²) in [5, 5.41) is 0.265. The van der Waals surface area contributed by atoms with Gasteiger partial charge in [0.05, 0.1) is 16.1 Å². The van der Waals surface area contributed by atoms with Gasteiger partial charge < -0.3 is 19.4 Å². The Hall–Kier alpha value is -4.54. The van der Waals surface area contributed by atoms with Crippen LogP contribution in [0.5, 0.6) is 6.01 Å². The van der Waals surface area contributed by atoms with Gasteiger partial charge in [-0.3, -0.25) is 9.69 Å². The molecule has 1 amide bonds. The molecule has 0 radical (unpaired) electrons. The van der Waals surface area contributed by atoms with E-state index in [4.69, 9.17) is 22.9 Å². The molecule has 14 heteroatoms. The minimum Gasteiger partial charge on any atom is -0.461 e. The number of carbonyl (C=O) groups is 1. The summed E-state index contributed by atoms with van der Waals surface area (Å²) in [5.41, 5.74) is -1.34. The Balaban J connectivity index is 1.36. The van der Waals surface area contributed by atoms with Crippen LogP contribution >= 0.6 is 11.6 Å². The van der Waals surface area contributed by atoms with Gasteiger partial charge in [-0.15, -0.1) is 0 Å². The van der Waals surface area contributed by atoms with E-state index in [1.54, 1.807) is 17.0 Å². The van der Waals surface area contributed by atoms with E-state index in [0.717, 1.165) is 19.0 Å². The number of halogens is 6. The number of ether oxygens (including phenoxy) is 1. The lowest BCUT2D eigenvalue weighted by Gasteiger charge is -2.39. The quantitative estimate of drug-likeness (QED) is 0.119. The van der Waals surface area contributed by atoms with Crippen LogP contribution in [0.1, 0.15) is 19.3 Å². The number of hydrogen-bond donors (Lipinski definition) is 0. The number of alkyl halides is 1. The molecule has 1 aromatic heterocycles. The van der Waals surface area contributed by atoms with Crippen molar-refractivity contribution in [2.24, 2.45) is 0 Å². The van der Waals surface area contributed by atoms with Gasteiger partial charge in [-0.2, -0.15) is 9.97 Å². The molecule has 4 heterocycles. The van der Waals surface area contributed by atoms with Crippen molar-refractivity contribution in [3.05, 3.63) is 82.7 Å². The average molecular weight is 697 g/mol. The van der Waals surface area contributed by atoms with Crippen LogP contribution in [0, 0.1) is 24.0 Å². The number of carbonyl (C=O) groups excluding carboxylic acids is 1. The second-order valence-electron chi connectivity index (χ2n) is 12.7. The monoisotopic (exact) mass is 696 g/mol. The lowest BCUT2D eigenvalue weighted by Crippen LogP contribution is -2.56. The lowest BCUT2D eigenvalue weighted by atomic mass is 9.95. The van der Waals surface area contributed by atoms with Crippen LogP contribution in [0.2, 0.25) is 5.02 Å². The van der Waals surface area contributed by atoms with Crippen molar-refractivity contribution in [2.45, 2.75) is 37.0 Å². The van der Waals surface area contributed by atoms with Gasteiger partial charge in [0.25, 0.3) is 5.91 Å². The van der Waals surface area contributed by atoms with Gasteiger partial charge in [0.1, 0.15) is 41.8 Å². The van der Waals surface area contributed by atoms with Crippen LogP contribution in [0.4, 0.5) is 27.8 Å². The summed E-state index contributed by atoms with van der Waals surface area (Å²) in [6.07, 6.45) is 0.812. The first-order chi connectivity index (χ1) is 23.5. The molecule has 3 atom stereocenters. The molecule has 49 heavy (non-hydrogen) atoms. The number of rotatable bonds is 7. The average Bonchev–Trinajstić information content (AvgIpc) is 3.61. The topological polar surface area (TPSA) is 66.2 Å². The first-order valence-corrected chi connectivity index (χ1v) is 16.2. The molecule has 4 aromatic rings. The fourth-order valence-electron chi connectivity index (χ4n) is 7.61. The van der Waals surface area contributed by atoms with Crippen LogP contribution in [0.3, 0.4) is 0 Å². The van der Waals surface area contributed by atoms with Crippen LogP contribution in [0.15, 0.2) is 48.8 Å². The molecule has 7 rings (SSSR count). The number of hydrogen-bond acceptors (Lipinski definition) is 6. The van der Waals surface area contributed by atoms with Crippen LogP contribution in [-0.4, -0.2) is 89.3 Å². The van der Waals surface area contributed by atoms with Gasteiger partial charge in [-0.25, -0.2) is 28.5 Å². The highest BCUT2D eigenvalue weighted by atomic mass is 35.5. The maximum Gasteiger partial charge on any atom is 0.319 e. The zero-order chi connectivity index (χ0) is 34.6. The third kappa shape index (κ3) is 5.70. The number of aromatic nitrogens is 2. The van der Waals surface area contributed by atoms with Crippen molar-refractivity contribution < 1.29 is 31.5 Å². The molecule has 3 aromatic carbocycles. The molecule has 3 aliphatic rings. The summed E-state index contributed by atoms with van der Waals surface area (Å²) in [4.78, 5) is 29.8. The van der Waals surface area contributed by atoms with Crippen molar-refractivity contribution >= 4 is 45.0 Å². The summed E-state index contributed by atoms with van der Waals surface area (Å²) >= 11 is 6.33. The molecular weight excluding hydrogens is 667 g/mol. The SMILES string of the molecule is [C-]#[N+]C[C@H]1CN(c2nc(OC[C@@]34CCCN3C[C@H](F)C4)nc3c(F)c(-c4cccc5ccc(F)c(Cl)c45)c(F)cc23)CCN1C(=O)C(=C)F. The summed E-state index contributed by atoms with van der Waals surface area (Å²) in [6, 6.07) is 7.34. The Labute approximate surface area is 283 Å². The van der Waals surface area contributed by atoms with E-state index in [1.165, 1.54) is 23.1 Å². The van der Waals surface area contributed by atoms with Gasteiger partial charge in [-0.1, -0.05) is 42.4 Å². The standard InChI is InChI=1S/C35H30ClF5N6O2/c1-19(37)33(48)47-12-11-45(17-22(47)15-42-2)32-24-13-26(40)28(23-6-3-5-20-7-8-25(39)29(36)27(20)23)30(41)31(24)43-34(44-32)49-18-35-9-4-10-46(35)16-21(38)14-35/h3,5-8,13,21-22H,1,4,9-12,14-18H2/t21-,22+,35+/m1/s1. The highest BCUT2D eigenvalue weighted by Crippen LogP contribution is 2.43. The maximum absolute atomic E-state index is 16.8. The molecule has 0 bridgehead atoms. The van der Waals surface area contributed by atoms with E-state index in [-0.39, 0.29) is 84.5 Å². The number of amides is 1. The minimum atomic E-state index is -1.17. The van der Waals surface area contributed by atoms with Crippen molar-refractivity contribution in [1.82, 2.24) is 19.8 Å². The van der Waals surface area contributed by atoms with Gasteiger partial charge in [0.2, 0.25) is 6.54 Å². The Bertz CT molecular complexity index is 2060. The minimum absolute atomic E-state index is 0.0117. The molecule has 8 nitrogen and oxygen atoms in total. The van der Waals surface area contributed by atoms with Crippen LogP contribution in [-0.2, 0) is 4.79 Å². The molecule has 254 valence electrons. The van der Waals surface area contributed by atoms with Gasteiger partial charge in [0, 0.05) is 43.4 Å². The van der Waals surface area contributed by atoms with Crippen molar-refractivity contribution in [3.63, 3.8) is 0 Å². The van der Waals surface area contributed by atoms with Crippen molar-refractivity contribution in [3.8, 4) is 17.1 Å². The van der Waals surface area contributed by atoms with Gasteiger partial charge >= 0.3 is 6.01 Å². The third-order valence-corrected chi connectivity index (χ3v) is 10.2. The number of anilines is 1. The number of nitrogens with zero attached hydrogens (tertiary/aromatic N) is 6. The van der Waals surface area contributed by atoms with E-state index in [2.05, 4.69) is 21.4 Å². The molecular formula is C35H30ClF5N6O2. The Kier molecular flexibility index (Phi) is 8.57. The molecule has 0 unspecified atom stereocenters. The summed E-state index contributed by atoms with van der Waals surface area (Å²) in [6.45, 7) is 11.4. The van der Waals surface area contributed by atoms with Crippen molar-refractivity contribution in [1.29, 1.82) is 0 Å². The maximum atomic E-state index is 16.8. The predicted molar refractivity (Wildman–Crippen MR) is 175 cm³/mol. The summed E-state index contributed by atoms with van der Waals surface area (Å²) in [5.74, 6) is -4.85. The molecule has 0 spiro atoms. The molecule has 3 saturated heterocycles. The smallest absolute Gasteiger partial charge is 0.319 e. The second kappa shape index (κ2) is 12.7. The molecule has 0 saturated carbocycles. The van der Waals surface area contributed by atoms with E-state index in [9.17, 15) is 18.0 Å². The normalized spacial score (nSPS) is 22.5. The first-order valence-electron chi connectivity index (χ1n) is 15.8. The third-order valence-electron chi connectivity index (χ3n) is 9.85. The zero-order valence-electron chi connectivity index (χ0n) is 26.2. The summed E-state index contributed by atoms with van der Waals surface area (Å²) in [7, 11) is 0. The van der Waals surface area contributed by atoms with Gasteiger partial charge in [-0.05, 0) is 42.5 Å².